The van der Waals surface area contributed by atoms with Crippen molar-refractivity contribution in [2.75, 3.05) is 0 Å². The van der Waals surface area contributed by atoms with Crippen molar-refractivity contribution in [3.63, 3.8) is 0 Å². The van der Waals surface area contributed by atoms with E-state index in [1.807, 2.05) is 0 Å². The molecule has 0 saturated heterocycles. The molecular formula is C16H13BrClN3O3S. The number of halogens is 2. The van der Waals surface area contributed by atoms with Crippen LogP contribution in [0.25, 0.3) is 11.4 Å². The molecule has 0 spiro atoms. The van der Waals surface area contributed by atoms with Crippen LogP contribution < -0.4 is 4.72 Å². The van der Waals surface area contributed by atoms with Crippen LogP contribution in [0.3, 0.4) is 0 Å². The highest BCUT2D eigenvalue weighted by molar-refractivity contribution is 9.10. The Balaban J connectivity index is 1.65. The van der Waals surface area contributed by atoms with E-state index in [0.717, 1.165) is 4.47 Å². The molecule has 0 aliphatic rings. The highest BCUT2D eigenvalue weighted by Gasteiger charge is 2.15. The van der Waals surface area contributed by atoms with Gasteiger partial charge in [-0.2, -0.15) is 4.98 Å². The van der Waals surface area contributed by atoms with Crippen molar-refractivity contribution >= 4 is 37.6 Å². The summed E-state index contributed by atoms with van der Waals surface area (Å²) < 4.78 is 32.7. The van der Waals surface area contributed by atoms with E-state index in [1.165, 1.54) is 0 Å². The van der Waals surface area contributed by atoms with Crippen molar-refractivity contribution in [1.29, 1.82) is 0 Å². The van der Waals surface area contributed by atoms with Crippen LogP contribution in [0.15, 0.2) is 57.5 Å². The fraction of sp³-hybridized carbons (Fsp3) is 0.125. The van der Waals surface area contributed by atoms with E-state index in [0.29, 0.717) is 22.0 Å². The fourth-order valence-corrected chi connectivity index (χ4v) is 3.66. The van der Waals surface area contributed by atoms with Gasteiger partial charge in [0.05, 0.1) is 17.3 Å². The Morgan fingerprint density at radius 2 is 1.84 bits per heavy atom. The van der Waals surface area contributed by atoms with E-state index < -0.39 is 10.0 Å². The normalized spacial score (nSPS) is 11.6. The van der Waals surface area contributed by atoms with Gasteiger partial charge in [0.1, 0.15) is 0 Å². The summed E-state index contributed by atoms with van der Waals surface area (Å²) in [5, 5.41) is 4.32. The molecule has 0 saturated carbocycles. The van der Waals surface area contributed by atoms with Gasteiger partial charge in [-0.05, 0) is 29.8 Å². The van der Waals surface area contributed by atoms with Crippen LogP contribution in [-0.4, -0.2) is 18.6 Å². The molecule has 1 N–H and O–H groups in total. The van der Waals surface area contributed by atoms with E-state index in [4.69, 9.17) is 16.1 Å². The minimum absolute atomic E-state index is 0.0870. The third-order valence-electron chi connectivity index (χ3n) is 3.30. The summed E-state index contributed by atoms with van der Waals surface area (Å²) in [6, 6.07) is 14.1. The third kappa shape index (κ3) is 4.88. The molecule has 0 unspecified atom stereocenters. The van der Waals surface area contributed by atoms with Crippen LogP contribution in [0.2, 0.25) is 5.02 Å². The van der Waals surface area contributed by atoms with Gasteiger partial charge in [0.15, 0.2) is 0 Å². The van der Waals surface area contributed by atoms with Crippen LogP contribution in [0.5, 0.6) is 0 Å². The highest BCUT2D eigenvalue weighted by Crippen LogP contribution is 2.24. The van der Waals surface area contributed by atoms with Crippen LogP contribution in [-0.2, 0) is 22.3 Å². The van der Waals surface area contributed by atoms with Gasteiger partial charge in [0, 0.05) is 10.0 Å². The van der Waals surface area contributed by atoms with Gasteiger partial charge in [-0.1, -0.05) is 57.0 Å². The predicted octanol–water partition coefficient (Wildman–Crippen LogP) is 3.77. The maximum atomic E-state index is 12.2. The Morgan fingerprint density at radius 1 is 1.12 bits per heavy atom. The molecule has 1 heterocycles. The molecule has 6 nitrogen and oxygen atoms in total. The number of hydrogen-bond donors (Lipinski definition) is 1. The second-order valence-corrected chi connectivity index (χ2v) is 8.33. The smallest absolute Gasteiger partial charge is 0.242 e. The molecule has 0 radical (unpaired) electrons. The molecule has 0 fully saturated rings. The minimum Gasteiger partial charge on any atom is -0.338 e. The van der Waals surface area contributed by atoms with Gasteiger partial charge in [-0.25, -0.2) is 13.1 Å². The predicted molar refractivity (Wildman–Crippen MR) is 98.3 cm³/mol. The second-order valence-electron chi connectivity index (χ2n) is 5.20. The number of nitrogens with zero attached hydrogens (tertiary/aromatic N) is 2. The van der Waals surface area contributed by atoms with E-state index in [-0.39, 0.29) is 18.2 Å². The maximum Gasteiger partial charge on any atom is 0.242 e. The minimum atomic E-state index is -3.53. The van der Waals surface area contributed by atoms with Crippen molar-refractivity contribution in [2.45, 2.75) is 12.3 Å². The van der Waals surface area contributed by atoms with Crippen LogP contribution in [0, 0.1) is 0 Å². The molecule has 25 heavy (non-hydrogen) atoms. The van der Waals surface area contributed by atoms with Crippen LogP contribution in [0.1, 0.15) is 11.5 Å². The van der Waals surface area contributed by atoms with Crippen molar-refractivity contribution in [2.24, 2.45) is 0 Å². The molecule has 0 amide bonds. The third-order valence-corrected chi connectivity index (χ3v) is 5.45. The van der Waals surface area contributed by atoms with Crippen molar-refractivity contribution in [3.8, 4) is 11.4 Å². The van der Waals surface area contributed by atoms with Gasteiger partial charge >= 0.3 is 0 Å². The molecule has 0 aliphatic carbocycles. The molecular weight excluding hydrogens is 430 g/mol. The summed E-state index contributed by atoms with van der Waals surface area (Å²) in [6.07, 6.45) is 0. The average Bonchev–Trinajstić information content (AvgIpc) is 3.04. The first-order valence-electron chi connectivity index (χ1n) is 7.22. The molecule has 9 heteroatoms. The van der Waals surface area contributed by atoms with E-state index in [2.05, 4.69) is 30.8 Å². The largest absolute Gasteiger partial charge is 0.338 e. The lowest BCUT2D eigenvalue weighted by Crippen LogP contribution is -2.24. The number of nitrogens with one attached hydrogen (secondary N) is 1. The quantitative estimate of drug-likeness (QED) is 0.628. The number of aromatic nitrogens is 2. The molecule has 3 rings (SSSR count). The first kappa shape index (κ1) is 18.1. The molecule has 130 valence electrons. The molecule has 3 aromatic rings. The zero-order valence-corrected chi connectivity index (χ0v) is 16.0. The first-order chi connectivity index (χ1) is 11.9. The van der Waals surface area contributed by atoms with Crippen LogP contribution in [0.4, 0.5) is 0 Å². The Labute approximate surface area is 158 Å². The van der Waals surface area contributed by atoms with Gasteiger partial charge in [-0.15, -0.1) is 0 Å². The fourth-order valence-electron chi connectivity index (χ4n) is 2.10. The lowest BCUT2D eigenvalue weighted by atomic mass is 10.2. The van der Waals surface area contributed by atoms with Crippen molar-refractivity contribution in [1.82, 2.24) is 14.9 Å². The molecule has 2 aromatic carbocycles. The lowest BCUT2D eigenvalue weighted by Gasteiger charge is -2.04. The number of sulfonamides is 1. The first-order valence-corrected chi connectivity index (χ1v) is 10.0. The van der Waals surface area contributed by atoms with E-state index >= 15 is 0 Å². The van der Waals surface area contributed by atoms with E-state index in [1.54, 1.807) is 48.5 Å². The SMILES string of the molecule is O=S(=O)(Cc1ccc(Br)cc1)NCc1nc(-c2ccccc2Cl)no1. The lowest BCUT2D eigenvalue weighted by molar-refractivity contribution is 0.376. The van der Waals surface area contributed by atoms with Gasteiger partial charge in [0.25, 0.3) is 0 Å². The zero-order chi connectivity index (χ0) is 17.9. The second kappa shape index (κ2) is 7.65. The number of benzene rings is 2. The maximum absolute atomic E-state index is 12.2. The molecule has 0 aliphatic heterocycles. The molecule has 0 bridgehead atoms. The van der Waals surface area contributed by atoms with Crippen molar-refractivity contribution < 1.29 is 12.9 Å². The Kier molecular flexibility index (Phi) is 5.53. The van der Waals surface area contributed by atoms with Gasteiger partial charge in [-0.3, -0.25) is 0 Å². The number of hydrogen-bond acceptors (Lipinski definition) is 5. The van der Waals surface area contributed by atoms with Crippen molar-refractivity contribution in [3.05, 3.63) is 69.5 Å². The summed E-state index contributed by atoms with van der Waals surface area (Å²) in [5.74, 6) is 0.341. The van der Waals surface area contributed by atoms with Gasteiger partial charge < -0.3 is 4.52 Å². The topological polar surface area (TPSA) is 85.1 Å². The van der Waals surface area contributed by atoms with Gasteiger partial charge in [0.2, 0.25) is 21.7 Å². The Hall–Kier alpha value is -1.74. The zero-order valence-electron chi connectivity index (χ0n) is 12.8. The summed E-state index contributed by atoms with van der Waals surface area (Å²) in [5.41, 5.74) is 1.30. The summed E-state index contributed by atoms with van der Waals surface area (Å²) in [7, 11) is -3.53. The monoisotopic (exact) mass is 441 g/mol. The highest BCUT2D eigenvalue weighted by atomic mass is 79.9. The standard InChI is InChI=1S/C16H13BrClN3O3S/c17-12-7-5-11(6-8-12)10-25(22,23)19-9-15-20-16(21-24-15)13-3-1-2-4-14(13)18/h1-8,19H,9-10H2. The van der Waals surface area contributed by atoms with E-state index in [9.17, 15) is 8.42 Å². The Morgan fingerprint density at radius 3 is 2.56 bits per heavy atom. The summed E-state index contributed by atoms with van der Waals surface area (Å²) in [6.45, 7) is -0.0870. The average molecular weight is 443 g/mol. The summed E-state index contributed by atoms with van der Waals surface area (Å²) in [4.78, 5) is 4.17. The Bertz CT molecular complexity index is 974. The van der Waals surface area contributed by atoms with Crippen LogP contribution >= 0.6 is 27.5 Å². The summed E-state index contributed by atoms with van der Waals surface area (Å²) >= 11 is 9.39. The molecule has 1 aromatic heterocycles. The molecule has 0 atom stereocenters. The number of rotatable bonds is 6.